The first-order valence-electron chi connectivity index (χ1n) is 10.3. The van der Waals surface area contributed by atoms with Crippen LogP contribution in [-0.2, 0) is 0 Å². The van der Waals surface area contributed by atoms with Crippen LogP contribution in [0.2, 0.25) is 0 Å². The van der Waals surface area contributed by atoms with Crippen molar-refractivity contribution in [1.29, 1.82) is 0 Å². The van der Waals surface area contributed by atoms with Crippen LogP contribution in [0.25, 0.3) is 16.6 Å². The number of fused-ring (bicyclic) bond motifs is 1. The molecule has 4 rings (SSSR count). The summed E-state index contributed by atoms with van der Waals surface area (Å²) in [4.78, 5) is 22.3. The molecule has 0 aliphatic rings. The van der Waals surface area contributed by atoms with Crippen molar-refractivity contribution in [3.8, 4) is 5.69 Å². The molecule has 0 spiro atoms. The van der Waals surface area contributed by atoms with Crippen molar-refractivity contribution >= 4 is 33.0 Å². The van der Waals surface area contributed by atoms with Gasteiger partial charge in [0.25, 0.3) is 5.56 Å². The minimum absolute atomic E-state index is 0.0979. The number of aromatic nitrogens is 4. The highest BCUT2D eigenvalue weighted by Crippen LogP contribution is 2.22. The van der Waals surface area contributed by atoms with Crippen LogP contribution in [-0.4, -0.2) is 25.4 Å². The van der Waals surface area contributed by atoms with Crippen molar-refractivity contribution in [3.63, 3.8) is 0 Å². The molecule has 6 nitrogen and oxygen atoms in total. The number of rotatable bonds is 5. The Balaban J connectivity index is 1.85. The van der Waals surface area contributed by atoms with Crippen molar-refractivity contribution in [2.45, 2.75) is 40.0 Å². The Bertz CT molecular complexity index is 1340. The second-order valence-corrected chi connectivity index (χ2v) is 8.59. The highest BCUT2D eigenvalue weighted by Gasteiger charge is 2.16. The van der Waals surface area contributed by atoms with Crippen LogP contribution >= 0.6 is 15.9 Å². The summed E-state index contributed by atoms with van der Waals surface area (Å²) in [6, 6.07) is 11.6. The van der Waals surface area contributed by atoms with Gasteiger partial charge in [0, 0.05) is 33.5 Å². The average Bonchev–Trinajstić information content (AvgIpc) is 3.06. The molecule has 0 N–H and O–H groups in total. The molecule has 1 atom stereocenters. The van der Waals surface area contributed by atoms with Gasteiger partial charge in [0.2, 0.25) is 0 Å². The van der Waals surface area contributed by atoms with Gasteiger partial charge in [0.15, 0.2) is 0 Å². The maximum absolute atomic E-state index is 13.3. The third kappa shape index (κ3) is 3.97. The summed E-state index contributed by atoms with van der Waals surface area (Å²) in [7, 11) is 0. The van der Waals surface area contributed by atoms with Gasteiger partial charge in [0.05, 0.1) is 29.0 Å². The molecule has 0 saturated heterocycles. The molecule has 3 aromatic heterocycles. The van der Waals surface area contributed by atoms with Crippen LogP contribution in [0.3, 0.4) is 0 Å². The fourth-order valence-corrected chi connectivity index (χ4v) is 4.06. The topological polar surface area (TPSA) is 65.1 Å². The summed E-state index contributed by atoms with van der Waals surface area (Å²) in [5, 5.41) is 5.15. The maximum Gasteiger partial charge on any atom is 0.282 e. The molecule has 4 aromatic rings. The SMILES string of the molecule is CC[C@H](C)c1nc2ccc(Br)cc2c(=O)n1N=Cc1cc(C)n(-c2cccnc2)c1C. The fraction of sp³-hybridized carbons (Fsp3) is 0.250. The number of hydrogen-bond donors (Lipinski definition) is 0. The van der Waals surface area contributed by atoms with Crippen LogP contribution in [0.1, 0.15) is 49.0 Å². The molecule has 0 unspecified atom stereocenters. The highest BCUT2D eigenvalue weighted by molar-refractivity contribution is 9.10. The number of hydrogen-bond acceptors (Lipinski definition) is 4. The van der Waals surface area contributed by atoms with Gasteiger partial charge in [-0.3, -0.25) is 9.78 Å². The van der Waals surface area contributed by atoms with E-state index in [1.807, 2.05) is 44.3 Å². The minimum Gasteiger partial charge on any atom is -0.316 e. The molecule has 158 valence electrons. The first-order valence-corrected chi connectivity index (χ1v) is 11.1. The standard InChI is InChI=1S/C24H24BrN5O/c1-5-15(2)23-28-22-9-8-19(25)12-21(22)24(31)30(23)27-13-18-11-16(3)29(17(18)4)20-7-6-10-26-14-20/h6-15H,5H2,1-4H3/t15-/m0/s1. The van der Waals surface area contributed by atoms with Gasteiger partial charge < -0.3 is 4.57 Å². The van der Waals surface area contributed by atoms with Gasteiger partial charge in [0.1, 0.15) is 5.82 Å². The maximum atomic E-state index is 13.3. The van der Waals surface area contributed by atoms with E-state index in [2.05, 4.69) is 50.5 Å². The Morgan fingerprint density at radius 1 is 1.23 bits per heavy atom. The van der Waals surface area contributed by atoms with Gasteiger partial charge in [-0.15, -0.1) is 0 Å². The Hall–Kier alpha value is -3.06. The van der Waals surface area contributed by atoms with Gasteiger partial charge in [-0.2, -0.15) is 9.78 Å². The molecule has 0 aliphatic carbocycles. The molecule has 0 aliphatic heterocycles. The van der Waals surface area contributed by atoms with Gasteiger partial charge in [-0.1, -0.05) is 29.8 Å². The first kappa shape index (κ1) is 21.2. The molecule has 31 heavy (non-hydrogen) atoms. The molecule has 3 heterocycles. The minimum atomic E-state index is -0.168. The summed E-state index contributed by atoms with van der Waals surface area (Å²) in [5.41, 5.74) is 4.55. The van der Waals surface area contributed by atoms with Crippen LogP contribution < -0.4 is 5.56 Å². The van der Waals surface area contributed by atoms with Crippen LogP contribution in [0, 0.1) is 13.8 Å². The molecule has 0 fully saturated rings. The third-order valence-electron chi connectivity index (χ3n) is 5.57. The smallest absolute Gasteiger partial charge is 0.282 e. The molecule has 7 heteroatoms. The Morgan fingerprint density at radius 2 is 2.03 bits per heavy atom. The molecule has 0 saturated carbocycles. The molecular formula is C24H24BrN5O. The van der Waals surface area contributed by atoms with Crippen molar-refractivity contribution in [2.24, 2.45) is 5.10 Å². The predicted octanol–water partition coefficient (Wildman–Crippen LogP) is 5.36. The summed E-state index contributed by atoms with van der Waals surface area (Å²) >= 11 is 3.45. The predicted molar refractivity (Wildman–Crippen MR) is 128 cm³/mol. The molecule has 0 bridgehead atoms. The molecular weight excluding hydrogens is 454 g/mol. The Labute approximate surface area is 189 Å². The summed E-state index contributed by atoms with van der Waals surface area (Å²) in [6.07, 6.45) is 6.19. The zero-order chi connectivity index (χ0) is 22.1. The highest BCUT2D eigenvalue weighted by atomic mass is 79.9. The number of nitrogens with zero attached hydrogens (tertiary/aromatic N) is 5. The van der Waals surface area contributed by atoms with Crippen molar-refractivity contribution in [3.05, 3.63) is 86.4 Å². The largest absolute Gasteiger partial charge is 0.316 e. The monoisotopic (exact) mass is 477 g/mol. The van der Waals surface area contributed by atoms with Crippen LogP contribution in [0.4, 0.5) is 0 Å². The van der Waals surface area contributed by atoms with E-state index >= 15 is 0 Å². The van der Waals surface area contributed by atoms with E-state index < -0.39 is 0 Å². The molecule has 0 amide bonds. The third-order valence-corrected chi connectivity index (χ3v) is 6.07. The van der Waals surface area contributed by atoms with E-state index in [4.69, 9.17) is 4.98 Å². The zero-order valence-corrected chi connectivity index (χ0v) is 19.6. The molecule has 0 radical (unpaired) electrons. The van der Waals surface area contributed by atoms with Crippen molar-refractivity contribution < 1.29 is 0 Å². The van der Waals surface area contributed by atoms with E-state index in [-0.39, 0.29) is 11.5 Å². The first-order chi connectivity index (χ1) is 14.9. The van der Waals surface area contributed by atoms with E-state index in [1.54, 1.807) is 18.5 Å². The quantitative estimate of drug-likeness (QED) is 0.363. The zero-order valence-electron chi connectivity index (χ0n) is 18.0. The Morgan fingerprint density at radius 3 is 2.74 bits per heavy atom. The van der Waals surface area contributed by atoms with E-state index in [0.29, 0.717) is 16.7 Å². The lowest BCUT2D eigenvalue weighted by atomic mass is 10.1. The van der Waals surface area contributed by atoms with Crippen LogP contribution in [0.5, 0.6) is 0 Å². The number of halogens is 1. The summed E-state index contributed by atoms with van der Waals surface area (Å²) in [6.45, 7) is 8.23. The molecule has 1 aromatic carbocycles. The van der Waals surface area contributed by atoms with Gasteiger partial charge in [-0.25, -0.2) is 4.98 Å². The second kappa shape index (κ2) is 8.59. The second-order valence-electron chi connectivity index (χ2n) is 7.68. The number of benzene rings is 1. The average molecular weight is 478 g/mol. The fourth-order valence-electron chi connectivity index (χ4n) is 3.70. The lowest BCUT2D eigenvalue weighted by Gasteiger charge is -2.14. The van der Waals surface area contributed by atoms with Gasteiger partial charge in [-0.05, 0) is 56.7 Å². The van der Waals surface area contributed by atoms with Gasteiger partial charge >= 0.3 is 0 Å². The normalized spacial score (nSPS) is 12.7. The Kier molecular flexibility index (Phi) is 5.87. The number of pyridine rings is 1. The van der Waals surface area contributed by atoms with E-state index in [1.165, 1.54) is 4.68 Å². The van der Waals surface area contributed by atoms with Crippen LogP contribution in [0.15, 0.2) is 63.2 Å². The van der Waals surface area contributed by atoms with Crippen molar-refractivity contribution in [2.75, 3.05) is 0 Å². The van der Waals surface area contributed by atoms with E-state index in [9.17, 15) is 4.79 Å². The summed E-state index contributed by atoms with van der Waals surface area (Å²) < 4.78 is 4.41. The van der Waals surface area contributed by atoms with Crippen molar-refractivity contribution in [1.82, 2.24) is 19.2 Å². The van der Waals surface area contributed by atoms with E-state index in [0.717, 1.165) is 33.5 Å². The lowest BCUT2D eigenvalue weighted by molar-refractivity contribution is 0.613. The number of aryl methyl sites for hydroxylation is 1. The lowest BCUT2D eigenvalue weighted by Crippen LogP contribution is -2.23. The summed E-state index contributed by atoms with van der Waals surface area (Å²) in [5.74, 6) is 0.764.